The number of aromatic amines is 1. The van der Waals surface area contributed by atoms with Crippen LogP contribution in [0.3, 0.4) is 0 Å². The number of thiazole rings is 1. The molecule has 0 bridgehead atoms. The first-order chi connectivity index (χ1) is 9.95. The third-order valence-electron chi connectivity index (χ3n) is 3.24. The Kier molecular flexibility index (Phi) is 3.44. The number of carbonyl (C=O) groups excluding carboxylic acids is 1. The van der Waals surface area contributed by atoms with E-state index in [1.54, 1.807) is 11.1 Å². The molecule has 1 amide bonds. The molecule has 3 heterocycles. The number of halogens is 3. The molecular formula is C12H11F3N4OS. The van der Waals surface area contributed by atoms with Gasteiger partial charge in [0.25, 0.3) is 0 Å². The van der Waals surface area contributed by atoms with Crippen LogP contribution in [0.2, 0.25) is 0 Å². The van der Waals surface area contributed by atoms with Gasteiger partial charge in [-0.1, -0.05) is 0 Å². The molecule has 1 N–H and O–H groups in total. The number of aromatic nitrogens is 3. The number of amides is 1. The highest BCUT2D eigenvalue weighted by Crippen LogP contribution is 2.31. The van der Waals surface area contributed by atoms with E-state index in [-0.39, 0.29) is 17.3 Å². The van der Waals surface area contributed by atoms with Crippen LogP contribution in [-0.2, 0) is 23.8 Å². The maximum Gasteiger partial charge on any atom is 0.434 e. The molecule has 3 rings (SSSR count). The molecule has 0 saturated carbocycles. The zero-order valence-electron chi connectivity index (χ0n) is 10.8. The van der Waals surface area contributed by atoms with Crippen molar-refractivity contribution in [1.29, 1.82) is 0 Å². The van der Waals surface area contributed by atoms with Crippen LogP contribution in [0.5, 0.6) is 0 Å². The van der Waals surface area contributed by atoms with Gasteiger partial charge < -0.3 is 4.90 Å². The molecule has 0 unspecified atom stereocenters. The molecule has 2 aromatic rings. The lowest BCUT2D eigenvalue weighted by molar-refractivity contribution is -0.140. The van der Waals surface area contributed by atoms with Crippen molar-refractivity contribution in [2.24, 2.45) is 0 Å². The lowest BCUT2D eigenvalue weighted by Gasteiger charge is -2.26. The fourth-order valence-corrected chi connectivity index (χ4v) is 3.06. The Balaban J connectivity index is 1.75. The predicted octanol–water partition coefficient (Wildman–Crippen LogP) is 2.41. The summed E-state index contributed by atoms with van der Waals surface area (Å²) in [4.78, 5) is 17.3. The number of fused-ring (bicyclic) bond motifs is 1. The second-order valence-electron chi connectivity index (χ2n) is 4.68. The highest BCUT2D eigenvalue weighted by molar-refractivity contribution is 7.09. The predicted molar refractivity (Wildman–Crippen MR) is 70.1 cm³/mol. The van der Waals surface area contributed by atoms with Crippen molar-refractivity contribution >= 4 is 22.9 Å². The van der Waals surface area contributed by atoms with Gasteiger partial charge in [-0.25, -0.2) is 4.98 Å². The van der Waals surface area contributed by atoms with E-state index in [0.29, 0.717) is 12.2 Å². The average Bonchev–Trinajstić information content (AvgIpc) is 3.05. The fourth-order valence-electron chi connectivity index (χ4n) is 2.26. The summed E-state index contributed by atoms with van der Waals surface area (Å²) in [5.41, 5.74) is 0.640. The van der Waals surface area contributed by atoms with Crippen molar-refractivity contribution in [3.8, 4) is 0 Å². The highest BCUT2D eigenvalue weighted by atomic mass is 32.1. The molecule has 1 aliphatic rings. The Morgan fingerprint density at radius 2 is 2.29 bits per heavy atom. The van der Waals surface area contributed by atoms with Crippen LogP contribution >= 0.6 is 11.3 Å². The van der Waals surface area contributed by atoms with Gasteiger partial charge >= 0.3 is 6.18 Å². The van der Waals surface area contributed by atoms with Gasteiger partial charge in [-0.15, -0.1) is 11.3 Å². The summed E-state index contributed by atoms with van der Waals surface area (Å²) in [6.07, 6.45) is -1.43. The number of aryl methyl sites for hydroxylation is 1. The number of alkyl halides is 3. The lowest BCUT2D eigenvalue weighted by Crippen LogP contribution is -2.36. The van der Waals surface area contributed by atoms with Crippen LogP contribution in [0, 0.1) is 0 Å². The summed E-state index contributed by atoms with van der Waals surface area (Å²) < 4.78 is 37.5. The van der Waals surface area contributed by atoms with E-state index >= 15 is 0 Å². The fraction of sp³-hybridized carbons (Fsp3) is 0.417. The Bertz CT molecular complexity index is 664. The van der Waals surface area contributed by atoms with Crippen molar-refractivity contribution in [2.75, 3.05) is 11.4 Å². The van der Waals surface area contributed by atoms with Gasteiger partial charge in [0, 0.05) is 11.9 Å². The number of carbonyl (C=O) groups is 1. The Morgan fingerprint density at radius 3 is 3.00 bits per heavy atom. The monoisotopic (exact) mass is 316 g/mol. The maximum atomic E-state index is 12.5. The largest absolute Gasteiger partial charge is 0.434 e. The molecule has 0 atom stereocenters. The first-order valence-corrected chi connectivity index (χ1v) is 7.17. The molecule has 0 saturated heterocycles. The van der Waals surface area contributed by atoms with Crippen LogP contribution in [0.25, 0.3) is 0 Å². The lowest BCUT2D eigenvalue weighted by atomic mass is 10.1. The molecule has 112 valence electrons. The topological polar surface area (TPSA) is 61.9 Å². The summed E-state index contributed by atoms with van der Waals surface area (Å²) in [6.45, 7) is 0.545. The molecule has 1 aliphatic heterocycles. The number of rotatable bonds is 2. The van der Waals surface area contributed by atoms with E-state index in [1.165, 1.54) is 0 Å². The molecule has 0 aliphatic carbocycles. The third-order valence-corrected chi connectivity index (χ3v) is 4.09. The molecule has 0 radical (unpaired) electrons. The van der Waals surface area contributed by atoms with Crippen LogP contribution in [0.1, 0.15) is 22.8 Å². The van der Waals surface area contributed by atoms with E-state index in [2.05, 4.69) is 15.2 Å². The van der Waals surface area contributed by atoms with Crippen molar-refractivity contribution in [3.05, 3.63) is 28.0 Å². The Morgan fingerprint density at radius 1 is 1.48 bits per heavy atom. The minimum absolute atomic E-state index is 0.134. The molecule has 0 spiro atoms. The van der Waals surface area contributed by atoms with Crippen molar-refractivity contribution < 1.29 is 18.0 Å². The zero-order valence-corrected chi connectivity index (χ0v) is 11.6. The minimum atomic E-state index is -4.47. The average molecular weight is 316 g/mol. The van der Waals surface area contributed by atoms with Crippen molar-refractivity contribution in [1.82, 2.24) is 15.2 Å². The maximum absolute atomic E-state index is 12.5. The number of hydrogen-bond donors (Lipinski definition) is 1. The van der Waals surface area contributed by atoms with Gasteiger partial charge in [0.1, 0.15) is 5.01 Å². The first-order valence-electron chi connectivity index (χ1n) is 6.29. The highest BCUT2D eigenvalue weighted by Gasteiger charge is 2.34. The van der Waals surface area contributed by atoms with E-state index in [1.807, 2.05) is 0 Å². The van der Waals surface area contributed by atoms with E-state index in [4.69, 9.17) is 0 Å². The number of hydrogen-bond acceptors (Lipinski definition) is 4. The molecule has 0 aromatic carbocycles. The minimum Gasteiger partial charge on any atom is -0.309 e. The van der Waals surface area contributed by atoms with Gasteiger partial charge in [-0.2, -0.15) is 18.3 Å². The quantitative estimate of drug-likeness (QED) is 0.925. The van der Waals surface area contributed by atoms with Crippen LogP contribution < -0.4 is 4.90 Å². The van der Waals surface area contributed by atoms with Gasteiger partial charge in [0.15, 0.2) is 5.69 Å². The molecule has 0 fully saturated rings. The molecular weight excluding hydrogens is 305 g/mol. The summed E-state index contributed by atoms with van der Waals surface area (Å²) >= 11 is 0.850. The van der Waals surface area contributed by atoms with Crippen LogP contribution in [0.4, 0.5) is 18.9 Å². The Hall–Kier alpha value is -1.90. The van der Waals surface area contributed by atoms with Crippen molar-refractivity contribution in [2.45, 2.75) is 25.4 Å². The van der Waals surface area contributed by atoms with E-state index in [9.17, 15) is 18.0 Å². The number of anilines is 1. The standard InChI is InChI=1S/C12H11F3N4OS/c13-12(14,15)9-6-21-10(17-9)4-11(20)19-3-1-2-7-8(19)5-16-18-7/h5-6H,1-4H2,(H,16,18). The molecule has 9 heteroatoms. The normalized spacial score (nSPS) is 15.1. The molecule has 5 nitrogen and oxygen atoms in total. The number of H-pyrrole nitrogens is 1. The summed E-state index contributed by atoms with van der Waals surface area (Å²) in [5.74, 6) is -0.263. The van der Waals surface area contributed by atoms with E-state index < -0.39 is 11.9 Å². The van der Waals surface area contributed by atoms with E-state index in [0.717, 1.165) is 35.3 Å². The SMILES string of the molecule is O=C(Cc1nc(C(F)(F)F)cs1)N1CCCc2[nH]ncc21. The van der Waals surface area contributed by atoms with Crippen LogP contribution in [-0.4, -0.2) is 27.6 Å². The summed E-state index contributed by atoms with van der Waals surface area (Å²) in [7, 11) is 0. The van der Waals surface area contributed by atoms with Crippen molar-refractivity contribution in [3.63, 3.8) is 0 Å². The zero-order chi connectivity index (χ0) is 15.0. The first kappa shape index (κ1) is 14.1. The second-order valence-corrected chi connectivity index (χ2v) is 5.63. The Labute approximate surface area is 121 Å². The third kappa shape index (κ3) is 2.78. The molecule has 21 heavy (non-hydrogen) atoms. The van der Waals surface area contributed by atoms with Gasteiger partial charge in [-0.05, 0) is 12.8 Å². The summed E-state index contributed by atoms with van der Waals surface area (Å²) in [5, 5.41) is 7.83. The van der Waals surface area contributed by atoms with Gasteiger partial charge in [0.05, 0.1) is 24.0 Å². The number of nitrogens with one attached hydrogen (secondary N) is 1. The smallest absolute Gasteiger partial charge is 0.309 e. The summed E-state index contributed by atoms with van der Waals surface area (Å²) in [6, 6.07) is 0. The van der Waals surface area contributed by atoms with Crippen LogP contribution in [0.15, 0.2) is 11.6 Å². The molecule has 2 aromatic heterocycles. The second kappa shape index (κ2) is 5.14. The van der Waals surface area contributed by atoms with Gasteiger partial charge in [0.2, 0.25) is 5.91 Å². The van der Waals surface area contributed by atoms with Gasteiger partial charge in [-0.3, -0.25) is 9.89 Å². The number of nitrogens with zero attached hydrogens (tertiary/aromatic N) is 3.